The summed E-state index contributed by atoms with van der Waals surface area (Å²) in [5.41, 5.74) is 1.81. The third-order valence-electron chi connectivity index (χ3n) is 4.24. The van der Waals surface area contributed by atoms with E-state index in [1.54, 1.807) is 25.8 Å². The van der Waals surface area contributed by atoms with E-state index in [1.807, 2.05) is 18.2 Å². The fourth-order valence-electron chi connectivity index (χ4n) is 2.92. The number of piperazine rings is 1. The molecular formula is C16H17N5O2. The Hall–Kier alpha value is -2.83. The van der Waals surface area contributed by atoms with E-state index >= 15 is 0 Å². The molecule has 0 amide bonds. The molecule has 3 heterocycles. The molecule has 1 aliphatic heterocycles. The zero-order valence-electron chi connectivity index (χ0n) is 12.8. The first kappa shape index (κ1) is 13.8. The molecule has 7 heteroatoms. The summed E-state index contributed by atoms with van der Waals surface area (Å²) >= 11 is 0. The van der Waals surface area contributed by atoms with Gasteiger partial charge in [0.05, 0.1) is 23.4 Å². The van der Waals surface area contributed by atoms with Crippen LogP contribution in [0.15, 0.2) is 46.2 Å². The van der Waals surface area contributed by atoms with E-state index in [-0.39, 0.29) is 5.56 Å². The fraction of sp³-hybridized carbons (Fsp3) is 0.312. The largest absolute Gasteiger partial charge is 0.432 e. The molecule has 0 atom stereocenters. The first-order chi connectivity index (χ1) is 11.2. The van der Waals surface area contributed by atoms with Crippen LogP contribution in [0, 0.1) is 0 Å². The molecule has 2 aromatic heterocycles. The van der Waals surface area contributed by atoms with Crippen molar-refractivity contribution in [2.45, 2.75) is 0 Å². The molecule has 0 unspecified atom stereocenters. The average Bonchev–Trinajstić information content (AvgIpc) is 3.13. The standard InChI is InChI=1S/C16H17N5O2/c1-19-11-18-14-10-12(2-3-13(14)15(19)22)20-5-7-21(8-6-20)16-17-4-9-23-16/h2-4,9-11H,5-8H2,1H3. The topological polar surface area (TPSA) is 67.4 Å². The number of oxazole rings is 1. The number of hydrogen-bond donors (Lipinski definition) is 0. The van der Waals surface area contributed by atoms with Gasteiger partial charge in [0, 0.05) is 38.9 Å². The minimum atomic E-state index is -0.0183. The van der Waals surface area contributed by atoms with Gasteiger partial charge >= 0.3 is 0 Å². The van der Waals surface area contributed by atoms with Crippen LogP contribution in [0.4, 0.5) is 11.7 Å². The zero-order chi connectivity index (χ0) is 15.8. The molecule has 0 spiro atoms. The van der Waals surface area contributed by atoms with Gasteiger partial charge in [0.2, 0.25) is 0 Å². The van der Waals surface area contributed by atoms with Crippen LogP contribution in [0.25, 0.3) is 10.9 Å². The van der Waals surface area contributed by atoms with E-state index in [2.05, 4.69) is 19.8 Å². The molecule has 3 aromatic rings. The lowest BCUT2D eigenvalue weighted by Crippen LogP contribution is -2.46. The average molecular weight is 311 g/mol. The van der Waals surface area contributed by atoms with Gasteiger partial charge in [-0.1, -0.05) is 0 Å². The van der Waals surface area contributed by atoms with Crippen LogP contribution in [0.5, 0.6) is 0 Å². The van der Waals surface area contributed by atoms with Crippen molar-refractivity contribution in [3.8, 4) is 0 Å². The first-order valence-corrected chi connectivity index (χ1v) is 7.57. The molecule has 1 aromatic carbocycles. The van der Waals surface area contributed by atoms with E-state index in [9.17, 15) is 4.79 Å². The minimum Gasteiger partial charge on any atom is -0.432 e. The molecule has 1 fully saturated rings. The summed E-state index contributed by atoms with van der Waals surface area (Å²) in [4.78, 5) is 25.0. The lowest BCUT2D eigenvalue weighted by Gasteiger charge is -2.35. The Labute approximate surface area is 132 Å². The Bertz CT molecular complexity index is 879. The number of aromatic nitrogens is 3. The first-order valence-electron chi connectivity index (χ1n) is 7.57. The number of nitrogens with zero attached hydrogens (tertiary/aromatic N) is 5. The molecule has 1 aliphatic rings. The Balaban J connectivity index is 1.56. The van der Waals surface area contributed by atoms with E-state index in [1.165, 1.54) is 4.57 Å². The Morgan fingerprint density at radius 1 is 1.09 bits per heavy atom. The highest BCUT2D eigenvalue weighted by Crippen LogP contribution is 2.22. The van der Waals surface area contributed by atoms with Gasteiger partial charge in [-0.05, 0) is 18.2 Å². The van der Waals surface area contributed by atoms with Crippen LogP contribution < -0.4 is 15.4 Å². The van der Waals surface area contributed by atoms with Crippen molar-refractivity contribution in [2.75, 3.05) is 36.0 Å². The minimum absolute atomic E-state index is 0.0183. The summed E-state index contributed by atoms with van der Waals surface area (Å²) in [7, 11) is 1.71. The zero-order valence-corrected chi connectivity index (χ0v) is 12.8. The van der Waals surface area contributed by atoms with Gasteiger partial charge in [-0.15, -0.1) is 0 Å². The number of hydrogen-bond acceptors (Lipinski definition) is 6. The van der Waals surface area contributed by atoms with Gasteiger partial charge in [-0.25, -0.2) is 9.97 Å². The second-order valence-corrected chi connectivity index (χ2v) is 5.65. The van der Waals surface area contributed by atoms with Crippen LogP contribution in [-0.4, -0.2) is 40.7 Å². The van der Waals surface area contributed by atoms with E-state index < -0.39 is 0 Å². The van der Waals surface area contributed by atoms with E-state index in [4.69, 9.17) is 4.42 Å². The predicted octanol–water partition coefficient (Wildman–Crippen LogP) is 1.25. The molecular weight excluding hydrogens is 294 g/mol. The van der Waals surface area contributed by atoms with Gasteiger partial charge in [0.1, 0.15) is 6.26 Å². The third kappa shape index (κ3) is 2.44. The summed E-state index contributed by atoms with van der Waals surface area (Å²) in [5.74, 6) is 0. The number of anilines is 2. The number of aryl methyl sites for hydroxylation is 1. The van der Waals surface area contributed by atoms with Crippen LogP contribution >= 0.6 is 0 Å². The van der Waals surface area contributed by atoms with Gasteiger partial charge in [-0.2, -0.15) is 0 Å². The van der Waals surface area contributed by atoms with Crippen LogP contribution in [0.3, 0.4) is 0 Å². The quantitative estimate of drug-likeness (QED) is 0.709. The van der Waals surface area contributed by atoms with Crippen LogP contribution in [0.2, 0.25) is 0 Å². The second-order valence-electron chi connectivity index (χ2n) is 5.65. The van der Waals surface area contributed by atoms with Crippen molar-refractivity contribution in [1.29, 1.82) is 0 Å². The molecule has 0 aliphatic carbocycles. The summed E-state index contributed by atoms with van der Waals surface area (Å²) in [6, 6.07) is 6.51. The van der Waals surface area contributed by atoms with E-state index in [0.29, 0.717) is 11.4 Å². The third-order valence-corrected chi connectivity index (χ3v) is 4.24. The molecule has 0 bridgehead atoms. The van der Waals surface area contributed by atoms with Crippen molar-refractivity contribution in [3.05, 3.63) is 47.3 Å². The second kappa shape index (κ2) is 5.42. The molecule has 1 saturated heterocycles. The Morgan fingerprint density at radius 3 is 2.61 bits per heavy atom. The fourth-order valence-corrected chi connectivity index (χ4v) is 2.92. The number of benzene rings is 1. The lowest BCUT2D eigenvalue weighted by atomic mass is 10.2. The normalized spacial score (nSPS) is 15.3. The molecule has 0 N–H and O–H groups in total. The lowest BCUT2D eigenvalue weighted by molar-refractivity contribution is 0.516. The van der Waals surface area contributed by atoms with Crippen LogP contribution in [0.1, 0.15) is 0 Å². The van der Waals surface area contributed by atoms with Gasteiger partial charge < -0.3 is 18.8 Å². The molecule has 0 radical (unpaired) electrons. The maximum atomic E-state index is 12.1. The SMILES string of the molecule is Cn1cnc2cc(N3CCN(c4ncco4)CC3)ccc2c1=O. The highest BCUT2D eigenvalue weighted by atomic mass is 16.4. The molecule has 0 saturated carbocycles. The van der Waals surface area contributed by atoms with Crippen LogP contribution in [-0.2, 0) is 7.05 Å². The van der Waals surface area contributed by atoms with Crippen molar-refractivity contribution in [1.82, 2.24) is 14.5 Å². The molecule has 118 valence electrons. The van der Waals surface area contributed by atoms with E-state index in [0.717, 1.165) is 37.4 Å². The van der Waals surface area contributed by atoms with Crippen molar-refractivity contribution < 1.29 is 4.42 Å². The summed E-state index contributed by atoms with van der Waals surface area (Å²) in [6.07, 6.45) is 4.82. The highest BCUT2D eigenvalue weighted by molar-refractivity contribution is 5.81. The Morgan fingerprint density at radius 2 is 1.87 bits per heavy atom. The van der Waals surface area contributed by atoms with Crippen molar-refractivity contribution in [3.63, 3.8) is 0 Å². The summed E-state index contributed by atoms with van der Waals surface area (Å²) < 4.78 is 6.84. The van der Waals surface area contributed by atoms with Gasteiger partial charge in [0.15, 0.2) is 0 Å². The smallest absolute Gasteiger partial charge is 0.297 e. The van der Waals surface area contributed by atoms with Gasteiger partial charge in [-0.3, -0.25) is 4.79 Å². The van der Waals surface area contributed by atoms with Crippen molar-refractivity contribution >= 4 is 22.6 Å². The molecule has 4 rings (SSSR count). The predicted molar refractivity (Wildman–Crippen MR) is 87.9 cm³/mol. The molecule has 7 nitrogen and oxygen atoms in total. The summed E-state index contributed by atoms with van der Waals surface area (Å²) in [5, 5.41) is 0.650. The number of rotatable bonds is 2. The van der Waals surface area contributed by atoms with Gasteiger partial charge in [0.25, 0.3) is 11.6 Å². The Kier molecular flexibility index (Phi) is 3.25. The summed E-state index contributed by atoms with van der Waals surface area (Å²) in [6.45, 7) is 3.45. The highest BCUT2D eigenvalue weighted by Gasteiger charge is 2.20. The number of fused-ring (bicyclic) bond motifs is 1. The monoisotopic (exact) mass is 311 g/mol. The maximum Gasteiger partial charge on any atom is 0.297 e. The van der Waals surface area contributed by atoms with Crippen molar-refractivity contribution in [2.24, 2.45) is 7.05 Å². The molecule has 23 heavy (non-hydrogen) atoms. The maximum absolute atomic E-state index is 12.1.